The molecule has 0 fully saturated rings. The van der Waals surface area contributed by atoms with E-state index in [9.17, 15) is 14.7 Å². The fourth-order valence-corrected chi connectivity index (χ4v) is 1.98. The van der Waals surface area contributed by atoms with E-state index in [2.05, 4.69) is 0 Å². The predicted octanol–water partition coefficient (Wildman–Crippen LogP) is 2.31. The smallest absolute Gasteiger partial charge is 0.336 e. The molecule has 4 nitrogen and oxygen atoms in total. The SMILES string of the molecule is Cc1cc([O-])c(C(=O)c2ccccc2C(=O)O)cc1C. The molecule has 0 radical (unpaired) electrons. The van der Waals surface area contributed by atoms with E-state index in [0.717, 1.165) is 11.1 Å². The van der Waals surface area contributed by atoms with E-state index in [-0.39, 0.29) is 16.7 Å². The molecule has 0 spiro atoms. The molecule has 4 heteroatoms. The summed E-state index contributed by atoms with van der Waals surface area (Å²) < 4.78 is 0. The molecule has 0 saturated carbocycles. The minimum atomic E-state index is -1.19. The van der Waals surface area contributed by atoms with E-state index in [1.807, 2.05) is 0 Å². The molecule has 0 unspecified atom stereocenters. The summed E-state index contributed by atoms with van der Waals surface area (Å²) in [5.74, 6) is -2.14. The van der Waals surface area contributed by atoms with Gasteiger partial charge in [0.1, 0.15) is 0 Å². The van der Waals surface area contributed by atoms with Crippen LogP contribution in [-0.2, 0) is 0 Å². The average Bonchev–Trinajstić information content (AvgIpc) is 2.42. The number of carboxylic acids is 1. The molecule has 0 saturated heterocycles. The number of carboxylic acid groups (broad SMARTS) is 1. The number of aryl methyl sites for hydroxylation is 2. The summed E-state index contributed by atoms with van der Waals surface area (Å²) in [6, 6.07) is 8.79. The van der Waals surface area contributed by atoms with Gasteiger partial charge in [-0.2, -0.15) is 0 Å². The molecule has 102 valence electrons. The van der Waals surface area contributed by atoms with Gasteiger partial charge in [0.25, 0.3) is 0 Å². The summed E-state index contributed by atoms with van der Waals surface area (Å²) in [5.41, 5.74) is 1.55. The number of carbonyl (C=O) groups is 2. The van der Waals surface area contributed by atoms with Gasteiger partial charge in [0.2, 0.25) is 0 Å². The van der Waals surface area contributed by atoms with E-state index in [0.29, 0.717) is 0 Å². The van der Waals surface area contributed by atoms with Crippen LogP contribution in [0.5, 0.6) is 5.75 Å². The maximum Gasteiger partial charge on any atom is 0.336 e. The number of carbonyl (C=O) groups excluding carboxylic acids is 1. The highest BCUT2D eigenvalue weighted by molar-refractivity contribution is 6.15. The Labute approximate surface area is 116 Å². The van der Waals surface area contributed by atoms with Crippen molar-refractivity contribution in [3.05, 3.63) is 64.2 Å². The maximum atomic E-state index is 12.4. The van der Waals surface area contributed by atoms with Gasteiger partial charge in [-0.15, -0.1) is 0 Å². The Balaban J connectivity index is 2.58. The molecule has 1 N–H and O–H groups in total. The van der Waals surface area contributed by atoms with Crippen LogP contribution in [0.25, 0.3) is 0 Å². The maximum absolute atomic E-state index is 12.4. The summed E-state index contributed by atoms with van der Waals surface area (Å²) in [5, 5.41) is 21.0. The Bertz CT molecular complexity index is 702. The minimum Gasteiger partial charge on any atom is -0.872 e. The normalized spacial score (nSPS) is 10.3. The first kappa shape index (κ1) is 13.8. The molecule has 0 aliphatic rings. The van der Waals surface area contributed by atoms with Gasteiger partial charge >= 0.3 is 5.97 Å². The van der Waals surface area contributed by atoms with E-state index in [1.165, 1.54) is 24.3 Å². The predicted molar refractivity (Wildman–Crippen MR) is 72.2 cm³/mol. The van der Waals surface area contributed by atoms with E-state index >= 15 is 0 Å². The van der Waals surface area contributed by atoms with Crippen molar-refractivity contribution in [1.82, 2.24) is 0 Å². The molecule has 2 rings (SSSR count). The Morgan fingerprint density at radius 1 is 0.950 bits per heavy atom. The largest absolute Gasteiger partial charge is 0.872 e. The molecular weight excluding hydrogens is 256 g/mol. The average molecular weight is 269 g/mol. The Hall–Kier alpha value is -2.62. The standard InChI is InChI=1S/C16H14O4/c1-9-7-13(14(17)8-10(9)2)15(18)11-5-3-4-6-12(11)16(19)20/h3-8,17H,1-2H3,(H,19,20)/p-1. The molecule has 2 aromatic carbocycles. The quantitative estimate of drug-likeness (QED) is 0.867. The first-order chi connectivity index (χ1) is 9.41. The number of hydrogen-bond donors (Lipinski definition) is 1. The van der Waals surface area contributed by atoms with E-state index in [1.54, 1.807) is 26.0 Å². The monoisotopic (exact) mass is 269 g/mol. The zero-order valence-corrected chi connectivity index (χ0v) is 11.1. The summed E-state index contributed by atoms with van der Waals surface area (Å²) in [7, 11) is 0. The molecule has 0 aliphatic carbocycles. The van der Waals surface area contributed by atoms with Crippen molar-refractivity contribution in [3.63, 3.8) is 0 Å². The second kappa shape index (κ2) is 5.17. The lowest BCUT2D eigenvalue weighted by atomic mass is 9.95. The van der Waals surface area contributed by atoms with Gasteiger partial charge < -0.3 is 10.2 Å². The summed E-state index contributed by atoms with van der Waals surface area (Å²) in [4.78, 5) is 23.5. The van der Waals surface area contributed by atoms with Crippen molar-refractivity contribution in [3.8, 4) is 5.75 Å². The lowest BCUT2D eigenvalue weighted by Gasteiger charge is -2.16. The van der Waals surface area contributed by atoms with Crippen LogP contribution in [0, 0.1) is 13.8 Å². The van der Waals surface area contributed by atoms with Crippen molar-refractivity contribution in [2.24, 2.45) is 0 Å². The highest BCUT2D eigenvalue weighted by Gasteiger charge is 2.18. The van der Waals surface area contributed by atoms with Crippen molar-refractivity contribution in [2.45, 2.75) is 13.8 Å². The van der Waals surface area contributed by atoms with Crippen molar-refractivity contribution in [1.29, 1.82) is 0 Å². The van der Waals surface area contributed by atoms with Gasteiger partial charge in [0.15, 0.2) is 5.78 Å². The summed E-state index contributed by atoms with van der Waals surface area (Å²) >= 11 is 0. The number of aromatic carboxylic acids is 1. The van der Waals surface area contributed by atoms with Crippen LogP contribution < -0.4 is 5.11 Å². The van der Waals surface area contributed by atoms with Crippen molar-refractivity contribution >= 4 is 11.8 Å². The van der Waals surface area contributed by atoms with Crippen LogP contribution >= 0.6 is 0 Å². The van der Waals surface area contributed by atoms with Crippen LogP contribution in [0.2, 0.25) is 0 Å². The number of hydrogen-bond acceptors (Lipinski definition) is 3. The van der Waals surface area contributed by atoms with E-state index in [4.69, 9.17) is 5.11 Å². The highest BCUT2D eigenvalue weighted by Crippen LogP contribution is 2.23. The van der Waals surface area contributed by atoms with Crippen molar-refractivity contribution in [2.75, 3.05) is 0 Å². The molecule has 2 aromatic rings. The van der Waals surface area contributed by atoms with Gasteiger partial charge in [0, 0.05) is 11.1 Å². The molecule has 20 heavy (non-hydrogen) atoms. The van der Waals surface area contributed by atoms with Crippen LogP contribution in [0.4, 0.5) is 0 Å². The minimum absolute atomic E-state index is 0.00167. The van der Waals surface area contributed by atoms with Crippen LogP contribution in [-0.4, -0.2) is 16.9 Å². The van der Waals surface area contributed by atoms with E-state index < -0.39 is 17.5 Å². The van der Waals surface area contributed by atoms with Gasteiger partial charge in [-0.25, -0.2) is 4.79 Å². The second-order valence-corrected chi connectivity index (χ2v) is 4.61. The number of benzene rings is 2. The van der Waals surface area contributed by atoms with Gasteiger partial charge in [-0.1, -0.05) is 30.0 Å². The van der Waals surface area contributed by atoms with Crippen LogP contribution in [0.15, 0.2) is 36.4 Å². The molecule has 0 aliphatic heterocycles. The topological polar surface area (TPSA) is 77.4 Å². The first-order valence-corrected chi connectivity index (χ1v) is 6.07. The van der Waals surface area contributed by atoms with Crippen LogP contribution in [0.3, 0.4) is 0 Å². The third-order valence-corrected chi connectivity index (χ3v) is 3.24. The fraction of sp³-hybridized carbons (Fsp3) is 0.125. The zero-order valence-electron chi connectivity index (χ0n) is 11.1. The van der Waals surface area contributed by atoms with Gasteiger partial charge in [-0.3, -0.25) is 4.79 Å². The third-order valence-electron chi connectivity index (χ3n) is 3.24. The second-order valence-electron chi connectivity index (χ2n) is 4.61. The van der Waals surface area contributed by atoms with Gasteiger partial charge in [-0.05, 0) is 37.1 Å². The Kier molecular flexibility index (Phi) is 3.57. The fourth-order valence-electron chi connectivity index (χ4n) is 1.98. The number of ketones is 1. The van der Waals surface area contributed by atoms with Gasteiger partial charge in [0.05, 0.1) is 5.56 Å². The van der Waals surface area contributed by atoms with Crippen LogP contribution in [0.1, 0.15) is 37.4 Å². The molecule has 0 atom stereocenters. The Morgan fingerprint density at radius 2 is 1.50 bits per heavy atom. The third kappa shape index (κ3) is 2.40. The Morgan fingerprint density at radius 3 is 2.10 bits per heavy atom. The first-order valence-electron chi connectivity index (χ1n) is 6.07. The molecule has 0 bridgehead atoms. The molecule has 0 amide bonds. The molecular formula is C16H13O4-. The molecule has 0 aromatic heterocycles. The lowest BCUT2D eigenvalue weighted by Crippen LogP contribution is -2.12. The lowest BCUT2D eigenvalue weighted by molar-refractivity contribution is -0.268. The molecule has 0 heterocycles. The number of rotatable bonds is 3. The summed E-state index contributed by atoms with van der Waals surface area (Å²) in [6.45, 7) is 3.59. The summed E-state index contributed by atoms with van der Waals surface area (Å²) in [6.07, 6.45) is 0. The highest BCUT2D eigenvalue weighted by atomic mass is 16.4. The van der Waals surface area contributed by atoms with Crippen molar-refractivity contribution < 1.29 is 19.8 Å². The zero-order chi connectivity index (χ0) is 14.9.